The highest BCUT2D eigenvalue weighted by Gasteiger charge is 2.12. The van der Waals surface area contributed by atoms with Gasteiger partial charge in [-0.3, -0.25) is 4.79 Å². The molecule has 0 aliphatic heterocycles. The van der Waals surface area contributed by atoms with Crippen LogP contribution in [0, 0.1) is 10.8 Å². The number of amides is 1. The highest BCUT2D eigenvalue weighted by Crippen LogP contribution is 2.10. The van der Waals surface area contributed by atoms with E-state index in [4.69, 9.17) is 5.14 Å². The molecule has 116 valence electrons. The van der Waals surface area contributed by atoms with Crippen molar-refractivity contribution < 1.29 is 13.2 Å². The number of carbonyl (C=O) groups is 1. The van der Waals surface area contributed by atoms with Crippen LogP contribution in [0.5, 0.6) is 0 Å². The number of hydrogen-bond donors (Lipinski definition) is 3. The van der Waals surface area contributed by atoms with Gasteiger partial charge in [0.15, 0.2) is 0 Å². The number of nitrogens with two attached hydrogens (primary N) is 1. The van der Waals surface area contributed by atoms with Gasteiger partial charge in [-0.05, 0) is 10.8 Å². The van der Waals surface area contributed by atoms with Crippen LogP contribution in [-0.2, 0) is 15.0 Å². The molecule has 0 aromatic heterocycles. The summed E-state index contributed by atoms with van der Waals surface area (Å²) in [4.78, 5) is 10.4. The largest absolute Gasteiger partial charge is 0.356 e. The van der Waals surface area contributed by atoms with Crippen molar-refractivity contribution in [2.45, 2.75) is 48.5 Å². The van der Waals surface area contributed by atoms with E-state index in [1.54, 1.807) is 0 Å². The first kappa shape index (κ1) is 20.7. The molecule has 4 N–H and O–H groups in total. The van der Waals surface area contributed by atoms with Crippen molar-refractivity contribution in [1.29, 1.82) is 0 Å². The summed E-state index contributed by atoms with van der Waals surface area (Å²) in [6.07, 6.45) is 0. The predicted molar refractivity (Wildman–Crippen MR) is 78.7 cm³/mol. The minimum atomic E-state index is -3.51. The molecule has 0 aliphatic carbocycles. The minimum absolute atomic E-state index is 0.0462. The van der Waals surface area contributed by atoms with Gasteiger partial charge in [-0.1, -0.05) is 41.5 Å². The molecule has 0 unspecified atom stereocenters. The lowest BCUT2D eigenvalue weighted by molar-refractivity contribution is -0.119. The maximum atomic E-state index is 10.4. The van der Waals surface area contributed by atoms with E-state index in [9.17, 15) is 13.2 Å². The Labute approximate surface area is 117 Å². The number of carbonyl (C=O) groups excluding carboxylic acids is 1. The zero-order chi connectivity index (χ0) is 15.9. The molecular weight excluding hydrogens is 266 g/mol. The fourth-order valence-electron chi connectivity index (χ4n) is 0.707. The van der Waals surface area contributed by atoms with Gasteiger partial charge in [0.25, 0.3) is 10.2 Å². The Hall–Kier alpha value is -0.660. The van der Waals surface area contributed by atoms with E-state index in [-0.39, 0.29) is 16.7 Å². The monoisotopic (exact) mass is 295 g/mol. The molecule has 0 aromatic rings. The molecular formula is C12H29N3O3S. The van der Waals surface area contributed by atoms with E-state index in [1.165, 1.54) is 6.92 Å². The molecule has 0 fully saturated rings. The van der Waals surface area contributed by atoms with Gasteiger partial charge < -0.3 is 5.32 Å². The zero-order valence-electron chi connectivity index (χ0n) is 13.1. The van der Waals surface area contributed by atoms with Crippen LogP contribution in [0.3, 0.4) is 0 Å². The van der Waals surface area contributed by atoms with Gasteiger partial charge in [-0.15, -0.1) is 0 Å². The predicted octanol–water partition coefficient (Wildman–Crippen LogP) is 0.994. The first-order valence-corrected chi connectivity index (χ1v) is 7.69. The van der Waals surface area contributed by atoms with Crippen LogP contribution in [0.1, 0.15) is 48.5 Å². The quantitative estimate of drug-likeness (QED) is 0.723. The molecule has 1 amide bonds. The number of rotatable bonds is 3. The second-order valence-corrected chi connectivity index (χ2v) is 8.28. The van der Waals surface area contributed by atoms with Gasteiger partial charge in [-0.2, -0.15) is 8.42 Å². The summed E-state index contributed by atoms with van der Waals surface area (Å²) in [6, 6.07) is 0. The highest BCUT2D eigenvalue weighted by atomic mass is 32.2. The average molecular weight is 295 g/mol. The summed E-state index contributed by atoms with van der Waals surface area (Å²) in [5.41, 5.74) is 0.137. The van der Waals surface area contributed by atoms with Gasteiger partial charge in [0.1, 0.15) is 0 Å². The molecule has 0 aliphatic rings. The Morgan fingerprint density at radius 3 is 1.47 bits per heavy atom. The number of hydrogen-bond acceptors (Lipinski definition) is 3. The molecule has 0 aromatic carbocycles. The van der Waals surface area contributed by atoms with Gasteiger partial charge in [0, 0.05) is 20.0 Å². The van der Waals surface area contributed by atoms with Crippen LogP contribution in [0.4, 0.5) is 0 Å². The lowest BCUT2D eigenvalue weighted by Crippen LogP contribution is -2.36. The van der Waals surface area contributed by atoms with Crippen LogP contribution < -0.4 is 15.2 Å². The summed E-state index contributed by atoms with van der Waals surface area (Å²) < 4.78 is 22.9. The summed E-state index contributed by atoms with van der Waals surface area (Å²) in [6.45, 7) is 14.7. The van der Waals surface area contributed by atoms with Crippen molar-refractivity contribution in [2.24, 2.45) is 16.0 Å². The van der Waals surface area contributed by atoms with E-state index in [1.807, 2.05) is 20.8 Å². The lowest BCUT2D eigenvalue weighted by Gasteiger charge is -2.17. The zero-order valence-corrected chi connectivity index (χ0v) is 13.9. The Morgan fingerprint density at radius 1 is 1.00 bits per heavy atom. The first-order chi connectivity index (χ1) is 8.12. The van der Waals surface area contributed by atoms with E-state index >= 15 is 0 Å². The van der Waals surface area contributed by atoms with Gasteiger partial charge in [0.2, 0.25) is 5.91 Å². The standard InChI is InChI=1S/C7H15NO.C5H14N2O2S/c1-6(9)8-5-7(2,3)4;1-5(2,3)4-7-10(6,8)9/h5H2,1-4H3,(H,8,9);7H,4H2,1-3H3,(H2,6,8,9). The lowest BCUT2D eigenvalue weighted by atomic mass is 9.97. The van der Waals surface area contributed by atoms with Gasteiger partial charge in [0.05, 0.1) is 0 Å². The molecule has 6 nitrogen and oxygen atoms in total. The first-order valence-electron chi connectivity index (χ1n) is 6.14. The SMILES string of the molecule is CC(=O)NCC(C)(C)C.CC(C)(C)CNS(N)(=O)=O. The van der Waals surface area contributed by atoms with Crippen molar-refractivity contribution in [3.8, 4) is 0 Å². The smallest absolute Gasteiger partial charge is 0.274 e. The normalized spacial score (nSPS) is 12.4. The molecule has 0 bridgehead atoms. The third kappa shape index (κ3) is 26.8. The molecule has 0 radical (unpaired) electrons. The molecule has 0 atom stereocenters. The van der Waals surface area contributed by atoms with Gasteiger partial charge >= 0.3 is 0 Å². The Kier molecular flexibility index (Phi) is 8.49. The second kappa shape index (κ2) is 7.81. The van der Waals surface area contributed by atoms with E-state index in [2.05, 4.69) is 30.8 Å². The van der Waals surface area contributed by atoms with Crippen molar-refractivity contribution in [3.63, 3.8) is 0 Å². The second-order valence-electron chi connectivity index (χ2n) is 6.90. The molecule has 0 saturated heterocycles. The van der Waals surface area contributed by atoms with Crippen LogP contribution in [0.25, 0.3) is 0 Å². The third-order valence-electron chi connectivity index (χ3n) is 1.67. The molecule has 0 rings (SSSR count). The summed E-state index contributed by atoms with van der Waals surface area (Å²) >= 11 is 0. The summed E-state index contributed by atoms with van der Waals surface area (Å²) in [5.74, 6) is 0.0462. The Balaban J connectivity index is 0. The van der Waals surface area contributed by atoms with Crippen LogP contribution >= 0.6 is 0 Å². The molecule has 0 spiro atoms. The fourth-order valence-corrected chi connectivity index (χ4v) is 1.34. The topological polar surface area (TPSA) is 101 Å². The average Bonchev–Trinajstić information content (AvgIpc) is 2.10. The van der Waals surface area contributed by atoms with Gasteiger partial charge in [-0.25, -0.2) is 9.86 Å². The van der Waals surface area contributed by atoms with Crippen LogP contribution in [-0.4, -0.2) is 27.4 Å². The molecule has 0 saturated carbocycles. The van der Waals surface area contributed by atoms with Crippen LogP contribution in [0.15, 0.2) is 0 Å². The fraction of sp³-hybridized carbons (Fsp3) is 0.917. The molecule has 7 heteroatoms. The maximum Gasteiger partial charge on any atom is 0.274 e. The van der Waals surface area contributed by atoms with E-state index < -0.39 is 10.2 Å². The number of nitrogens with one attached hydrogen (secondary N) is 2. The maximum absolute atomic E-state index is 10.4. The van der Waals surface area contributed by atoms with E-state index in [0.29, 0.717) is 6.54 Å². The Morgan fingerprint density at radius 2 is 1.37 bits per heavy atom. The Bertz CT molecular complexity index is 365. The minimum Gasteiger partial charge on any atom is -0.356 e. The van der Waals surface area contributed by atoms with Crippen molar-refractivity contribution in [1.82, 2.24) is 10.0 Å². The summed E-state index contributed by atoms with van der Waals surface area (Å²) in [5, 5.41) is 7.45. The van der Waals surface area contributed by atoms with Crippen molar-refractivity contribution in [3.05, 3.63) is 0 Å². The third-order valence-corrected chi connectivity index (χ3v) is 2.22. The van der Waals surface area contributed by atoms with E-state index in [0.717, 1.165) is 6.54 Å². The highest BCUT2D eigenvalue weighted by molar-refractivity contribution is 7.87. The van der Waals surface area contributed by atoms with Crippen molar-refractivity contribution >= 4 is 16.1 Å². The van der Waals surface area contributed by atoms with Crippen molar-refractivity contribution in [2.75, 3.05) is 13.1 Å². The summed E-state index contributed by atoms with van der Waals surface area (Å²) in [7, 11) is -3.51. The molecule has 0 heterocycles. The van der Waals surface area contributed by atoms with Crippen LogP contribution in [0.2, 0.25) is 0 Å². The molecule has 19 heavy (non-hydrogen) atoms.